The molecule has 0 atom stereocenters. The molecular formula is C24H35N3O3. The number of nitrogens with zero attached hydrogens (tertiary/aromatic N) is 3. The molecule has 0 aliphatic rings. The lowest BCUT2D eigenvalue weighted by atomic mass is 10.0. The predicted octanol–water partition coefficient (Wildman–Crippen LogP) is 3.75. The highest BCUT2D eigenvalue weighted by molar-refractivity contribution is 6.10. The number of ether oxygens (including phenoxy) is 2. The molecule has 0 amide bonds. The minimum absolute atomic E-state index is 0.101. The molecule has 0 spiro atoms. The third kappa shape index (κ3) is 7.11. The normalized spacial score (nSPS) is 11.1. The van der Waals surface area contributed by atoms with E-state index in [4.69, 9.17) is 9.47 Å². The summed E-state index contributed by atoms with van der Waals surface area (Å²) >= 11 is 0. The first-order valence-electron chi connectivity index (χ1n) is 10.9. The molecule has 0 N–H and O–H groups in total. The van der Waals surface area contributed by atoms with Crippen molar-refractivity contribution in [2.24, 2.45) is 0 Å². The number of benzene rings is 1. The van der Waals surface area contributed by atoms with E-state index in [0.29, 0.717) is 30.2 Å². The van der Waals surface area contributed by atoms with Crippen molar-refractivity contribution in [2.45, 2.75) is 27.7 Å². The van der Waals surface area contributed by atoms with Gasteiger partial charge in [0, 0.05) is 24.8 Å². The molecule has 30 heavy (non-hydrogen) atoms. The SMILES string of the molecule is CCN(CC)CCOc1ccc(C(=O)c2cccnc2OCCN(CC)CC)cc1. The van der Waals surface area contributed by atoms with Crippen molar-refractivity contribution >= 4 is 5.78 Å². The number of aromatic nitrogens is 1. The third-order valence-corrected chi connectivity index (χ3v) is 5.24. The van der Waals surface area contributed by atoms with E-state index in [0.717, 1.165) is 45.0 Å². The van der Waals surface area contributed by atoms with Crippen molar-refractivity contribution in [3.8, 4) is 11.6 Å². The zero-order valence-electron chi connectivity index (χ0n) is 18.8. The van der Waals surface area contributed by atoms with Gasteiger partial charge in [-0.15, -0.1) is 0 Å². The minimum atomic E-state index is -0.101. The fourth-order valence-electron chi connectivity index (χ4n) is 3.18. The second-order valence-corrected chi connectivity index (χ2v) is 6.96. The number of rotatable bonds is 14. The Balaban J connectivity index is 1.97. The Morgan fingerprint density at radius 2 is 1.40 bits per heavy atom. The van der Waals surface area contributed by atoms with Crippen molar-refractivity contribution in [1.82, 2.24) is 14.8 Å². The van der Waals surface area contributed by atoms with Gasteiger partial charge in [0.2, 0.25) is 5.88 Å². The highest BCUT2D eigenvalue weighted by Gasteiger charge is 2.16. The van der Waals surface area contributed by atoms with Crippen LogP contribution in [0.15, 0.2) is 42.6 Å². The van der Waals surface area contributed by atoms with E-state index >= 15 is 0 Å². The average Bonchev–Trinajstić information content (AvgIpc) is 2.80. The van der Waals surface area contributed by atoms with E-state index in [1.807, 2.05) is 12.1 Å². The van der Waals surface area contributed by atoms with Gasteiger partial charge in [0.15, 0.2) is 5.78 Å². The van der Waals surface area contributed by atoms with Crippen LogP contribution in [0.4, 0.5) is 0 Å². The molecule has 0 unspecified atom stereocenters. The molecule has 0 fully saturated rings. The number of carbonyl (C=O) groups excluding carboxylic acids is 1. The Morgan fingerprint density at radius 1 is 0.833 bits per heavy atom. The lowest BCUT2D eigenvalue weighted by molar-refractivity contribution is 0.103. The van der Waals surface area contributed by atoms with Crippen LogP contribution < -0.4 is 9.47 Å². The van der Waals surface area contributed by atoms with Gasteiger partial charge in [-0.3, -0.25) is 4.79 Å². The fraction of sp³-hybridized carbons (Fsp3) is 0.500. The lowest BCUT2D eigenvalue weighted by Gasteiger charge is -2.18. The summed E-state index contributed by atoms with van der Waals surface area (Å²) in [5.74, 6) is 1.05. The Morgan fingerprint density at radius 3 is 1.97 bits per heavy atom. The van der Waals surface area contributed by atoms with Crippen molar-refractivity contribution in [3.63, 3.8) is 0 Å². The number of likely N-dealkylation sites (N-methyl/N-ethyl adjacent to an activating group) is 2. The first kappa shape index (κ1) is 23.8. The molecule has 0 aliphatic carbocycles. The van der Waals surface area contributed by atoms with E-state index in [1.54, 1.807) is 30.5 Å². The average molecular weight is 414 g/mol. The highest BCUT2D eigenvalue weighted by Crippen LogP contribution is 2.21. The maximum atomic E-state index is 13.0. The zero-order chi connectivity index (χ0) is 21.8. The highest BCUT2D eigenvalue weighted by atomic mass is 16.5. The van der Waals surface area contributed by atoms with Gasteiger partial charge in [-0.2, -0.15) is 0 Å². The third-order valence-electron chi connectivity index (χ3n) is 5.24. The van der Waals surface area contributed by atoms with Crippen LogP contribution in [0.5, 0.6) is 11.6 Å². The van der Waals surface area contributed by atoms with Crippen LogP contribution in [-0.2, 0) is 0 Å². The van der Waals surface area contributed by atoms with Crippen molar-refractivity contribution in [2.75, 3.05) is 52.5 Å². The Kier molecular flexibility index (Phi) is 10.3. The van der Waals surface area contributed by atoms with E-state index in [1.165, 1.54) is 0 Å². The standard InChI is InChI=1S/C24H35N3O3/c1-5-26(6-2)16-18-29-21-13-11-20(12-14-21)23(28)22-10-9-15-25-24(22)30-19-17-27(7-3)8-4/h9-15H,5-8,16-19H2,1-4H3. The molecule has 1 aromatic heterocycles. The van der Waals surface area contributed by atoms with E-state index in [-0.39, 0.29) is 5.78 Å². The molecule has 164 valence electrons. The van der Waals surface area contributed by atoms with E-state index < -0.39 is 0 Å². The van der Waals surface area contributed by atoms with Crippen LogP contribution in [0.25, 0.3) is 0 Å². The summed E-state index contributed by atoms with van der Waals surface area (Å²) in [7, 11) is 0. The van der Waals surface area contributed by atoms with E-state index in [9.17, 15) is 4.79 Å². The van der Waals surface area contributed by atoms with Crippen LogP contribution in [-0.4, -0.2) is 73.0 Å². The number of pyridine rings is 1. The van der Waals surface area contributed by atoms with Gasteiger partial charge in [-0.1, -0.05) is 27.7 Å². The summed E-state index contributed by atoms with van der Waals surface area (Å²) in [6.45, 7) is 15.3. The number of hydrogen-bond donors (Lipinski definition) is 0. The van der Waals surface area contributed by atoms with Crippen molar-refractivity contribution in [1.29, 1.82) is 0 Å². The Hall–Kier alpha value is -2.44. The summed E-state index contributed by atoms with van der Waals surface area (Å²) in [6, 6.07) is 10.8. The van der Waals surface area contributed by atoms with Gasteiger partial charge >= 0.3 is 0 Å². The largest absolute Gasteiger partial charge is 0.492 e. The molecule has 6 heteroatoms. The maximum Gasteiger partial charge on any atom is 0.224 e. The molecule has 2 rings (SSSR count). The van der Waals surface area contributed by atoms with Crippen LogP contribution in [0, 0.1) is 0 Å². The second kappa shape index (κ2) is 13.0. The molecule has 0 saturated heterocycles. The number of hydrogen-bond acceptors (Lipinski definition) is 6. The summed E-state index contributed by atoms with van der Waals surface area (Å²) in [6.07, 6.45) is 1.65. The maximum absolute atomic E-state index is 13.0. The molecule has 0 saturated carbocycles. The molecule has 1 heterocycles. The molecule has 6 nitrogen and oxygen atoms in total. The minimum Gasteiger partial charge on any atom is -0.492 e. The molecule has 0 radical (unpaired) electrons. The Bertz CT molecular complexity index is 757. The van der Waals surface area contributed by atoms with E-state index in [2.05, 4.69) is 42.5 Å². The summed E-state index contributed by atoms with van der Waals surface area (Å²) < 4.78 is 11.6. The fourth-order valence-corrected chi connectivity index (χ4v) is 3.18. The predicted molar refractivity (Wildman–Crippen MR) is 121 cm³/mol. The molecular weight excluding hydrogens is 378 g/mol. The molecule has 1 aromatic carbocycles. The topological polar surface area (TPSA) is 54.9 Å². The van der Waals surface area contributed by atoms with Crippen molar-refractivity contribution in [3.05, 3.63) is 53.7 Å². The van der Waals surface area contributed by atoms with Gasteiger partial charge < -0.3 is 19.3 Å². The number of ketones is 1. The first-order valence-corrected chi connectivity index (χ1v) is 10.9. The monoisotopic (exact) mass is 413 g/mol. The molecule has 2 aromatic rings. The van der Waals surface area contributed by atoms with Gasteiger partial charge in [-0.25, -0.2) is 4.98 Å². The Labute approximate surface area is 180 Å². The van der Waals surface area contributed by atoms with Crippen LogP contribution in [0.1, 0.15) is 43.6 Å². The molecule has 0 bridgehead atoms. The van der Waals surface area contributed by atoms with Crippen molar-refractivity contribution < 1.29 is 14.3 Å². The summed E-state index contributed by atoms with van der Waals surface area (Å²) in [5, 5.41) is 0. The van der Waals surface area contributed by atoms with Crippen LogP contribution in [0.3, 0.4) is 0 Å². The summed E-state index contributed by atoms with van der Waals surface area (Å²) in [4.78, 5) is 21.8. The number of carbonyl (C=O) groups is 1. The van der Waals surface area contributed by atoms with Gasteiger partial charge in [0.1, 0.15) is 19.0 Å². The lowest BCUT2D eigenvalue weighted by Crippen LogP contribution is -2.28. The van der Waals surface area contributed by atoms with Crippen LogP contribution in [0.2, 0.25) is 0 Å². The summed E-state index contributed by atoms with van der Waals surface area (Å²) in [5.41, 5.74) is 1.07. The second-order valence-electron chi connectivity index (χ2n) is 6.96. The van der Waals surface area contributed by atoms with Gasteiger partial charge in [-0.05, 0) is 62.6 Å². The quantitative estimate of drug-likeness (QED) is 0.440. The van der Waals surface area contributed by atoms with Crippen LogP contribution >= 0.6 is 0 Å². The smallest absolute Gasteiger partial charge is 0.224 e. The van der Waals surface area contributed by atoms with Gasteiger partial charge in [0.25, 0.3) is 0 Å². The molecule has 0 aliphatic heterocycles. The first-order chi connectivity index (χ1) is 14.6. The van der Waals surface area contributed by atoms with Gasteiger partial charge in [0.05, 0.1) is 5.56 Å². The zero-order valence-corrected chi connectivity index (χ0v) is 18.8.